The van der Waals surface area contributed by atoms with Gasteiger partial charge in [-0.25, -0.2) is 0 Å². The Morgan fingerprint density at radius 1 is 0.958 bits per heavy atom. The number of nitrogens with one attached hydrogen (secondary N) is 1. The van der Waals surface area contributed by atoms with Gasteiger partial charge < -0.3 is 5.32 Å². The molecular formula is C21H19NO2. The highest BCUT2D eigenvalue weighted by Gasteiger charge is 2.35. The zero-order valence-electron chi connectivity index (χ0n) is 13.5. The van der Waals surface area contributed by atoms with E-state index in [4.69, 9.17) is 0 Å². The van der Waals surface area contributed by atoms with Crippen molar-refractivity contribution in [1.82, 2.24) is 5.32 Å². The van der Waals surface area contributed by atoms with Crippen LogP contribution >= 0.6 is 0 Å². The summed E-state index contributed by atoms with van der Waals surface area (Å²) in [5.41, 5.74) is 2.74. The van der Waals surface area contributed by atoms with Crippen molar-refractivity contribution in [3.63, 3.8) is 0 Å². The smallest absolute Gasteiger partial charge is 0.235 e. The molecule has 1 N–H and O–H groups in total. The third-order valence-corrected chi connectivity index (χ3v) is 4.15. The van der Waals surface area contributed by atoms with Crippen LogP contribution in [0.2, 0.25) is 0 Å². The van der Waals surface area contributed by atoms with Crippen LogP contribution in [0, 0.1) is 5.92 Å². The maximum absolute atomic E-state index is 12.4. The molecule has 2 unspecified atom stereocenters. The molecule has 0 radical (unpaired) electrons. The zero-order chi connectivity index (χ0) is 16.9. The van der Waals surface area contributed by atoms with Crippen LogP contribution in [-0.4, -0.2) is 11.7 Å². The largest absolute Gasteiger partial charge is 0.326 e. The SMILES string of the molecule is CC(=O)C1C(=O)NC(/C=C/c2ccccc2)=CC1c1ccccc1. The number of amides is 1. The van der Waals surface area contributed by atoms with Crippen LogP contribution < -0.4 is 5.32 Å². The lowest BCUT2D eigenvalue weighted by molar-refractivity contribution is -0.133. The molecule has 0 aliphatic carbocycles. The predicted molar refractivity (Wildman–Crippen MR) is 95.1 cm³/mol. The zero-order valence-corrected chi connectivity index (χ0v) is 13.5. The molecule has 0 bridgehead atoms. The summed E-state index contributed by atoms with van der Waals surface area (Å²) < 4.78 is 0. The van der Waals surface area contributed by atoms with Gasteiger partial charge in [0, 0.05) is 11.6 Å². The molecule has 1 heterocycles. The Balaban J connectivity index is 1.94. The van der Waals surface area contributed by atoms with Crippen molar-refractivity contribution < 1.29 is 9.59 Å². The fourth-order valence-electron chi connectivity index (χ4n) is 2.96. The summed E-state index contributed by atoms with van der Waals surface area (Å²) in [5, 5.41) is 2.83. The number of rotatable bonds is 4. The van der Waals surface area contributed by atoms with Gasteiger partial charge in [0.15, 0.2) is 0 Å². The van der Waals surface area contributed by atoms with Crippen molar-refractivity contribution in [3.8, 4) is 0 Å². The van der Waals surface area contributed by atoms with Gasteiger partial charge in [0.05, 0.1) is 0 Å². The molecule has 1 aliphatic rings. The second kappa shape index (κ2) is 7.09. The van der Waals surface area contributed by atoms with E-state index in [1.165, 1.54) is 6.92 Å². The fourth-order valence-corrected chi connectivity index (χ4v) is 2.96. The molecular weight excluding hydrogens is 298 g/mol. The number of carbonyl (C=O) groups excluding carboxylic acids is 2. The van der Waals surface area contributed by atoms with Crippen LogP contribution in [0.15, 0.2) is 78.5 Å². The van der Waals surface area contributed by atoms with E-state index in [0.29, 0.717) is 0 Å². The van der Waals surface area contributed by atoms with E-state index in [0.717, 1.165) is 16.8 Å². The maximum atomic E-state index is 12.4. The molecule has 24 heavy (non-hydrogen) atoms. The number of Topliss-reactive ketones (excluding diaryl/α,β-unsaturated/α-hetero) is 1. The third kappa shape index (κ3) is 3.51. The van der Waals surface area contributed by atoms with Gasteiger partial charge in [-0.2, -0.15) is 0 Å². The summed E-state index contributed by atoms with van der Waals surface area (Å²) in [5.74, 6) is -1.29. The minimum absolute atomic E-state index is 0.122. The molecule has 0 saturated heterocycles. The normalized spacial score (nSPS) is 20.5. The highest BCUT2D eigenvalue weighted by molar-refractivity contribution is 6.03. The van der Waals surface area contributed by atoms with Crippen LogP contribution in [0.25, 0.3) is 6.08 Å². The van der Waals surface area contributed by atoms with Gasteiger partial charge in [-0.15, -0.1) is 0 Å². The van der Waals surface area contributed by atoms with Crippen molar-refractivity contribution >= 4 is 17.8 Å². The Labute approximate surface area is 141 Å². The second-order valence-electron chi connectivity index (χ2n) is 5.88. The monoisotopic (exact) mass is 317 g/mol. The molecule has 0 saturated carbocycles. The first-order valence-electron chi connectivity index (χ1n) is 7.96. The van der Waals surface area contributed by atoms with Gasteiger partial charge in [-0.1, -0.05) is 72.8 Å². The average molecular weight is 317 g/mol. The Hall–Kier alpha value is -2.94. The molecule has 3 rings (SSSR count). The lowest BCUT2D eigenvalue weighted by Crippen LogP contribution is -2.40. The number of carbonyl (C=O) groups is 2. The minimum Gasteiger partial charge on any atom is -0.326 e. The van der Waals surface area contributed by atoms with Crippen LogP contribution in [0.1, 0.15) is 24.0 Å². The molecule has 0 fully saturated rings. The predicted octanol–water partition coefficient (Wildman–Crippen LogP) is 3.70. The van der Waals surface area contributed by atoms with E-state index in [9.17, 15) is 9.59 Å². The summed E-state index contributed by atoms with van der Waals surface area (Å²) in [6.07, 6.45) is 5.78. The Morgan fingerprint density at radius 3 is 2.21 bits per heavy atom. The molecule has 2 atom stereocenters. The Kier molecular flexibility index (Phi) is 4.71. The van der Waals surface area contributed by atoms with Gasteiger partial charge in [0.25, 0.3) is 0 Å². The molecule has 2 aromatic carbocycles. The average Bonchev–Trinajstić information content (AvgIpc) is 2.60. The number of hydrogen-bond donors (Lipinski definition) is 1. The number of benzene rings is 2. The van der Waals surface area contributed by atoms with E-state index < -0.39 is 5.92 Å². The standard InChI is InChI=1S/C21H19NO2/c1-15(23)20-19(17-10-6-3-7-11-17)14-18(22-21(20)24)13-12-16-8-4-2-5-9-16/h2-14,19-20H,1H3,(H,22,24)/b13-12+. The van der Waals surface area contributed by atoms with E-state index in [2.05, 4.69) is 5.32 Å². The number of hydrogen-bond acceptors (Lipinski definition) is 2. The summed E-state index contributed by atoms with van der Waals surface area (Å²) in [7, 11) is 0. The summed E-state index contributed by atoms with van der Waals surface area (Å²) in [6, 6.07) is 19.6. The molecule has 120 valence electrons. The highest BCUT2D eigenvalue weighted by atomic mass is 16.2. The summed E-state index contributed by atoms with van der Waals surface area (Å²) >= 11 is 0. The lowest BCUT2D eigenvalue weighted by Gasteiger charge is -2.27. The van der Waals surface area contributed by atoms with Crippen LogP contribution in [-0.2, 0) is 9.59 Å². The van der Waals surface area contributed by atoms with Gasteiger partial charge in [-0.3, -0.25) is 9.59 Å². The van der Waals surface area contributed by atoms with E-state index in [1.54, 1.807) is 0 Å². The van der Waals surface area contributed by atoms with Gasteiger partial charge >= 0.3 is 0 Å². The molecule has 0 aromatic heterocycles. The second-order valence-corrected chi connectivity index (χ2v) is 5.88. The van der Waals surface area contributed by atoms with E-state index in [-0.39, 0.29) is 17.6 Å². The number of allylic oxidation sites excluding steroid dienone is 2. The lowest BCUT2D eigenvalue weighted by atomic mass is 9.80. The summed E-state index contributed by atoms with van der Waals surface area (Å²) in [4.78, 5) is 24.4. The molecule has 3 nitrogen and oxygen atoms in total. The van der Waals surface area contributed by atoms with Crippen molar-refractivity contribution in [2.45, 2.75) is 12.8 Å². The molecule has 1 aliphatic heterocycles. The minimum atomic E-state index is -0.679. The Morgan fingerprint density at radius 2 is 1.58 bits per heavy atom. The fraction of sp³-hybridized carbons (Fsp3) is 0.143. The Bertz CT molecular complexity index is 791. The highest BCUT2D eigenvalue weighted by Crippen LogP contribution is 2.31. The van der Waals surface area contributed by atoms with Gasteiger partial charge in [-0.05, 0) is 24.1 Å². The van der Waals surface area contributed by atoms with Crippen LogP contribution in [0.3, 0.4) is 0 Å². The van der Waals surface area contributed by atoms with E-state index >= 15 is 0 Å². The van der Waals surface area contributed by atoms with Crippen molar-refractivity contribution in [2.24, 2.45) is 5.92 Å². The first-order valence-corrected chi connectivity index (χ1v) is 7.96. The first-order chi connectivity index (χ1) is 11.6. The van der Waals surface area contributed by atoms with Crippen molar-refractivity contribution in [1.29, 1.82) is 0 Å². The van der Waals surface area contributed by atoms with Gasteiger partial charge in [0.1, 0.15) is 11.7 Å². The maximum Gasteiger partial charge on any atom is 0.235 e. The molecule has 2 aromatic rings. The third-order valence-electron chi connectivity index (χ3n) is 4.15. The first kappa shape index (κ1) is 15.9. The molecule has 0 spiro atoms. The van der Waals surface area contributed by atoms with Gasteiger partial charge in [0.2, 0.25) is 5.91 Å². The van der Waals surface area contributed by atoms with Crippen LogP contribution in [0.5, 0.6) is 0 Å². The molecule has 1 amide bonds. The van der Waals surface area contributed by atoms with Crippen molar-refractivity contribution in [2.75, 3.05) is 0 Å². The van der Waals surface area contributed by atoms with Crippen LogP contribution in [0.4, 0.5) is 0 Å². The topological polar surface area (TPSA) is 46.2 Å². The quantitative estimate of drug-likeness (QED) is 0.874. The summed E-state index contributed by atoms with van der Waals surface area (Å²) in [6.45, 7) is 1.47. The van der Waals surface area contributed by atoms with Crippen molar-refractivity contribution in [3.05, 3.63) is 89.6 Å². The number of ketones is 1. The van der Waals surface area contributed by atoms with E-state index in [1.807, 2.05) is 78.9 Å². The molecule has 3 heteroatoms.